The molecule has 1 saturated carbocycles. The fourth-order valence-electron chi connectivity index (χ4n) is 1.99. The van der Waals surface area contributed by atoms with Gasteiger partial charge in [-0.3, -0.25) is 0 Å². The molecule has 84 valence electrons. The molecule has 16 heavy (non-hydrogen) atoms. The fourth-order valence-corrected chi connectivity index (χ4v) is 1.99. The van der Waals surface area contributed by atoms with Gasteiger partial charge in [-0.1, -0.05) is 5.16 Å². The van der Waals surface area contributed by atoms with Crippen LogP contribution in [0.25, 0.3) is 0 Å². The number of nitrogens with two attached hydrogens (primary N) is 1. The van der Waals surface area contributed by atoms with Crippen molar-refractivity contribution in [3.63, 3.8) is 0 Å². The van der Waals surface area contributed by atoms with Gasteiger partial charge in [0, 0.05) is 12.4 Å². The van der Waals surface area contributed by atoms with Gasteiger partial charge < -0.3 is 14.8 Å². The Morgan fingerprint density at radius 2 is 2.19 bits per heavy atom. The summed E-state index contributed by atoms with van der Waals surface area (Å²) in [7, 11) is 0. The highest BCUT2D eigenvalue weighted by atomic mass is 16.5. The molecule has 0 spiro atoms. The van der Waals surface area contributed by atoms with Gasteiger partial charge in [-0.25, -0.2) is 0 Å². The van der Waals surface area contributed by atoms with E-state index in [0.29, 0.717) is 24.2 Å². The molecule has 1 fully saturated rings. The summed E-state index contributed by atoms with van der Waals surface area (Å²) in [6.07, 6.45) is 6.52. The molecule has 0 unspecified atom stereocenters. The molecule has 1 aliphatic rings. The van der Waals surface area contributed by atoms with Crippen molar-refractivity contribution in [2.75, 3.05) is 0 Å². The average molecular weight is 218 g/mol. The molecule has 0 radical (unpaired) electrons. The standard InChI is InChI=1S/C11H14N4O/c12-7-9-13-11(16-14-9)10(8-3-4-8)15-5-1-2-6-15/h1-2,5-6,8,10H,3-4,7,12H2/t10-/m0/s1. The second kappa shape index (κ2) is 3.75. The van der Waals surface area contributed by atoms with Gasteiger partial charge in [-0.2, -0.15) is 4.98 Å². The zero-order valence-corrected chi connectivity index (χ0v) is 8.91. The van der Waals surface area contributed by atoms with Crippen LogP contribution >= 0.6 is 0 Å². The third-order valence-electron chi connectivity index (χ3n) is 2.94. The van der Waals surface area contributed by atoms with Crippen molar-refractivity contribution in [1.82, 2.24) is 14.7 Å². The molecular formula is C11H14N4O. The van der Waals surface area contributed by atoms with E-state index in [1.54, 1.807) is 0 Å². The molecule has 2 heterocycles. The van der Waals surface area contributed by atoms with E-state index in [-0.39, 0.29) is 6.04 Å². The lowest BCUT2D eigenvalue weighted by Gasteiger charge is -2.13. The Balaban J connectivity index is 1.93. The second-order valence-corrected chi connectivity index (χ2v) is 4.17. The molecule has 2 N–H and O–H groups in total. The Labute approximate surface area is 93.3 Å². The van der Waals surface area contributed by atoms with Crippen LogP contribution in [0.3, 0.4) is 0 Å². The third kappa shape index (κ3) is 1.63. The van der Waals surface area contributed by atoms with E-state index in [1.807, 2.05) is 24.5 Å². The number of aromatic nitrogens is 3. The normalized spacial score (nSPS) is 17.6. The minimum absolute atomic E-state index is 0.183. The summed E-state index contributed by atoms with van der Waals surface area (Å²) in [5.41, 5.74) is 5.48. The molecule has 0 aromatic carbocycles. The zero-order chi connectivity index (χ0) is 11.0. The first-order chi connectivity index (χ1) is 7.88. The van der Waals surface area contributed by atoms with Gasteiger partial charge in [0.05, 0.1) is 6.54 Å². The Morgan fingerprint density at radius 1 is 1.44 bits per heavy atom. The van der Waals surface area contributed by atoms with Gasteiger partial charge >= 0.3 is 0 Å². The SMILES string of the molecule is NCc1noc([C@H](C2CC2)n2cccc2)n1. The van der Waals surface area contributed by atoms with Crippen LogP contribution in [0, 0.1) is 5.92 Å². The van der Waals surface area contributed by atoms with Crippen LogP contribution in [0.2, 0.25) is 0 Å². The quantitative estimate of drug-likeness (QED) is 0.840. The lowest BCUT2D eigenvalue weighted by atomic mass is 10.2. The predicted molar refractivity (Wildman–Crippen MR) is 57.5 cm³/mol. The summed E-state index contributed by atoms with van der Waals surface area (Å²) in [6, 6.07) is 4.20. The number of rotatable bonds is 4. The summed E-state index contributed by atoms with van der Waals surface area (Å²) in [5.74, 6) is 1.88. The first kappa shape index (κ1) is 9.59. The molecule has 5 heteroatoms. The smallest absolute Gasteiger partial charge is 0.250 e. The summed E-state index contributed by atoms with van der Waals surface area (Å²) in [4.78, 5) is 4.32. The molecule has 5 nitrogen and oxygen atoms in total. The molecule has 0 aliphatic heterocycles. The molecular weight excluding hydrogens is 204 g/mol. The molecule has 0 bridgehead atoms. The van der Waals surface area contributed by atoms with E-state index in [9.17, 15) is 0 Å². The van der Waals surface area contributed by atoms with Crippen molar-refractivity contribution < 1.29 is 4.52 Å². The highest BCUT2D eigenvalue weighted by Gasteiger charge is 2.36. The first-order valence-electron chi connectivity index (χ1n) is 5.53. The van der Waals surface area contributed by atoms with E-state index in [0.717, 1.165) is 0 Å². The Kier molecular flexibility index (Phi) is 2.25. The van der Waals surface area contributed by atoms with Crippen LogP contribution in [0.5, 0.6) is 0 Å². The lowest BCUT2D eigenvalue weighted by Crippen LogP contribution is -2.11. The van der Waals surface area contributed by atoms with Crippen molar-refractivity contribution in [3.05, 3.63) is 36.2 Å². The number of hydrogen-bond donors (Lipinski definition) is 1. The van der Waals surface area contributed by atoms with Crippen molar-refractivity contribution in [2.24, 2.45) is 11.7 Å². The Hall–Kier alpha value is -1.62. The molecule has 1 atom stereocenters. The van der Waals surface area contributed by atoms with Gasteiger partial charge in [-0.15, -0.1) is 0 Å². The Bertz CT molecular complexity index is 458. The largest absolute Gasteiger partial charge is 0.342 e. The van der Waals surface area contributed by atoms with Crippen LogP contribution < -0.4 is 5.73 Å². The monoisotopic (exact) mass is 218 g/mol. The fraction of sp³-hybridized carbons (Fsp3) is 0.455. The summed E-state index contributed by atoms with van der Waals surface area (Å²) < 4.78 is 7.41. The minimum atomic E-state index is 0.183. The highest BCUT2D eigenvalue weighted by Crippen LogP contribution is 2.42. The molecule has 1 aliphatic carbocycles. The second-order valence-electron chi connectivity index (χ2n) is 4.17. The molecule has 0 amide bonds. The number of nitrogens with zero attached hydrogens (tertiary/aromatic N) is 3. The zero-order valence-electron chi connectivity index (χ0n) is 8.91. The van der Waals surface area contributed by atoms with Crippen LogP contribution in [0.1, 0.15) is 30.6 Å². The minimum Gasteiger partial charge on any atom is -0.342 e. The average Bonchev–Trinajstić information content (AvgIpc) is 2.83. The van der Waals surface area contributed by atoms with Crippen LogP contribution in [-0.2, 0) is 6.54 Å². The van der Waals surface area contributed by atoms with E-state index in [2.05, 4.69) is 14.7 Å². The summed E-state index contributed by atoms with van der Waals surface area (Å²) in [6.45, 7) is 0.326. The Morgan fingerprint density at radius 3 is 2.75 bits per heavy atom. The van der Waals surface area contributed by atoms with Crippen molar-refractivity contribution >= 4 is 0 Å². The molecule has 2 aromatic heterocycles. The van der Waals surface area contributed by atoms with Gasteiger partial charge in [-0.05, 0) is 30.9 Å². The maximum Gasteiger partial charge on any atom is 0.250 e. The van der Waals surface area contributed by atoms with Gasteiger partial charge in [0.2, 0.25) is 5.89 Å². The topological polar surface area (TPSA) is 69.9 Å². The maximum atomic E-state index is 5.48. The third-order valence-corrected chi connectivity index (χ3v) is 2.94. The van der Waals surface area contributed by atoms with E-state index in [1.165, 1.54) is 12.8 Å². The molecule has 3 rings (SSSR count). The van der Waals surface area contributed by atoms with Crippen molar-refractivity contribution in [3.8, 4) is 0 Å². The van der Waals surface area contributed by atoms with Crippen molar-refractivity contribution in [2.45, 2.75) is 25.4 Å². The summed E-state index contributed by atoms with van der Waals surface area (Å²) in [5, 5.41) is 3.85. The van der Waals surface area contributed by atoms with E-state index < -0.39 is 0 Å². The van der Waals surface area contributed by atoms with Crippen LogP contribution in [-0.4, -0.2) is 14.7 Å². The highest BCUT2D eigenvalue weighted by molar-refractivity contribution is 5.06. The van der Waals surface area contributed by atoms with E-state index in [4.69, 9.17) is 10.3 Å². The van der Waals surface area contributed by atoms with Gasteiger partial charge in [0.15, 0.2) is 5.82 Å². The van der Waals surface area contributed by atoms with Gasteiger partial charge in [0.25, 0.3) is 0 Å². The summed E-state index contributed by atoms with van der Waals surface area (Å²) >= 11 is 0. The predicted octanol–water partition coefficient (Wildman–Crippen LogP) is 1.33. The lowest BCUT2D eigenvalue weighted by molar-refractivity contribution is 0.318. The number of hydrogen-bond acceptors (Lipinski definition) is 4. The van der Waals surface area contributed by atoms with Gasteiger partial charge in [0.1, 0.15) is 6.04 Å². The maximum absolute atomic E-state index is 5.48. The van der Waals surface area contributed by atoms with Crippen LogP contribution in [0.15, 0.2) is 29.0 Å². The van der Waals surface area contributed by atoms with Crippen LogP contribution in [0.4, 0.5) is 0 Å². The van der Waals surface area contributed by atoms with E-state index >= 15 is 0 Å². The first-order valence-corrected chi connectivity index (χ1v) is 5.53. The van der Waals surface area contributed by atoms with Crippen molar-refractivity contribution in [1.29, 1.82) is 0 Å². The molecule has 0 saturated heterocycles. The molecule has 2 aromatic rings.